The zero-order valence-electron chi connectivity index (χ0n) is 20.4. The van der Waals surface area contributed by atoms with Crippen LogP contribution in [0.5, 0.6) is 11.5 Å². The smallest absolute Gasteiger partial charge is 0.389 e. The standard InChI is InChI=1S/C25H26F5N3O4/c1-24(14-32(2)8-9-36-24)16-5-7-33-17(13-31-21(33)12-16)15-10-19(35-3)22(20(11-15)37-23(26)27)18(34)4-6-25(28,29)30/h5,7,10-13,23H,4,6,8-9,14H2,1-3H3. The molecule has 1 atom stereocenters. The molecule has 0 aliphatic carbocycles. The summed E-state index contributed by atoms with van der Waals surface area (Å²) in [6.45, 7) is 0.773. The Kier molecular flexibility index (Phi) is 7.43. The number of likely N-dealkylation sites (N-methyl/N-ethyl adjacent to an activating group) is 1. The zero-order chi connectivity index (χ0) is 27.0. The second kappa shape index (κ2) is 10.3. The summed E-state index contributed by atoms with van der Waals surface area (Å²) in [6, 6.07) is 6.30. The molecule has 0 amide bonds. The first-order valence-corrected chi connectivity index (χ1v) is 11.5. The number of carbonyl (C=O) groups is 1. The molecule has 12 heteroatoms. The van der Waals surface area contributed by atoms with Crippen molar-refractivity contribution in [2.75, 3.05) is 33.9 Å². The summed E-state index contributed by atoms with van der Waals surface area (Å²) < 4.78 is 81.9. The van der Waals surface area contributed by atoms with Crippen molar-refractivity contribution in [3.8, 4) is 22.8 Å². The van der Waals surface area contributed by atoms with Gasteiger partial charge in [-0.3, -0.25) is 9.20 Å². The predicted molar refractivity (Wildman–Crippen MR) is 124 cm³/mol. The Morgan fingerprint density at radius 2 is 1.97 bits per heavy atom. The van der Waals surface area contributed by atoms with Crippen molar-refractivity contribution >= 4 is 11.4 Å². The lowest BCUT2D eigenvalue weighted by molar-refractivity contribution is -0.133. The van der Waals surface area contributed by atoms with Gasteiger partial charge in [0.2, 0.25) is 0 Å². The first-order chi connectivity index (χ1) is 17.4. The number of methoxy groups -OCH3 is 1. The molecule has 2 aromatic heterocycles. The van der Waals surface area contributed by atoms with Crippen LogP contribution < -0.4 is 9.47 Å². The number of imidazole rings is 1. The van der Waals surface area contributed by atoms with Gasteiger partial charge in [0.25, 0.3) is 0 Å². The van der Waals surface area contributed by atoms with Crippen molar-refractivity contribution in [3.63, 3.8) is 0 Å². The second-order valence-corrected chi connectivity index (χ2v) is 9.07. The number of hydrogen-bond donors (Lipinski definition) is 0. The van der Waals surface area contributed by atoms with Gasteiger partial charge < -0.3 is 19.1 Å². The lowest BCUT2D eigenvalue weighted by atomic mass is 9.95. The summed E-state index contributed by atoms with van der Waals surface area (Å²) in [7, 11) is 3.20. The van der Waals surface area contributed by atoms with E-state index in [1.165, 1.54) is 25.4 Å². The van der Waals surface area contributed by atoms with Gasteiger partial charge in [-0.1, -0.05) is 0 Å². The SMILES string of the molecule is COc1cc(-c2cnc3cc(C4(C)CN(C)CCO4)ccn23)cc(OC(F)F)c1C(=O)CCC(F)(F)F. The summed E-state index contributed by atoms with van der Waals surface area (Å²) in [4.78, 5) is 19.2. The highest BCUT2D eigenvalue weighted by Crippen LogP contribution is 2.38. The van der Waals surface area contributed by atoms with Crippen LogP contribution in [0.3, 0.4) is 0 Å². The molecule has 1 fully saturated rings. The fourth-order valence-electron chi connectivity index (χ4n) is 4.51. The van der Waals surface area contributed by atoms with Crippen LogP contribution in [-0.4, -0.2) is 66.7 Å². The van der Waals surface area contributed by atoms with Gasteiger partial charge in [-0.05, 0) is 43.8 Å². The van der Waals surface area contributed by atoms with Gasteiger partial charge in [0.15, 0.2) is 5.78 Å². The van der Waals surface area contributed by atoms with E-state index in [1.807, 2.05) is 26.1 Å². The van der Waals surface area contributed by atoms with E-state index >= 15 is 0 Å². The first-order valence-electron chi connectivity index (χ1n) is 11.5. The molecule has 1 aliphatic rings. The fourth-order valence-corrected chi connectivity index (χ4v) is 4.51. The highest BCUT2D eigenvalue weighted by molar-refractivity contribution is 6.02. The number of rotatable bonds is 8. The lowest BCUT2D eigenvalue weighted by Gasteiger charge is -2.39. The summed E-state index contributed by atoms with van der Waals surface area (Å²) in [5, 5.41) is 0. The molecular weight excluding hydrogens is 501 g/mol. The fraction of sp³-hybridized carbons (Fsp3) is 0.440. The molecule has 3 aromatic rings. The Hall–Kier alpha value is -3.25. The van der Waals surface area contributed by atoms with Crippen LogP contribution in [0.4, 0.5) is 22.0 Å². The van der Waals surface area contributed by atoms with E-state index in [2.05, 4.69) is 14.6 Å². The minimum atomic E-state index is -4.59. The monoisotopic (exact) mass is 527 g/mol. The van der Waals surface area contributed by atoms with Gasteiger partial charge in [0.05, 0.1) is 32.0 Å². The second-order valence-electron chi connectivity index (χ2n) is 9.07. The largest absolute Gasteiger partial charge is 0.496 e. The number of fused-ring (bicyclic) bond motifs is 1. The highest BCUT2D eigenvalue weighted by atomic mass is 19.4. The Labute approximate surface area is 209 Å². The molecule has 0 radical (unpaired) electrons. The summed E-state index contributed by atoms with van der Waals surface area (Å²) >= 11 is 0. The quantitative estimate of drug-likeness (QED) is 0.292. The zero-order valence-corrected chi connectivity index (χ0v) is 20.4. The minimum Gasteiger partial charge on any atom is -0.496 e. The molecule has 1 aromatic carbocycles. The van der Waals surface area contributed by atoms with E-state index in [1.54, 1.807) is 10.6 Å². The van der Waals surface area contributed by atoms with Gasteiger partial charge in [-0.25, -0.2) is 4.98 Å². The van der Waals surface area contributed by atoms with E-state index in [9.17, 15) is 26.7 Å². The molecule has 0 spiro atoms. The van der Waals surface area contributed by atoms with Gasteiger partial charge in [-0.2, -0.15) is 22.0 Å². The molecule has 7 nitrogen and oxygen atoms in total. The Balaban J connectivity index is 1.75. The molecule has 1 unspecified atom stereocenters. The number of ketones is 1. The van der Waals surface area contributed by atoms with Gasteiger partial charge in [0.1, 0.15) is 28.3 Å². The number of benzene rings is 1. The van der Waals surface area contributed by atoms with Gasteiger partial charge >= 0.3 is 12.8 Å². The van der Waals surface area contributed by atoms with E-state index < -0.39 is 48.3 Å². The van der Waals surface area contributed by atoms with E-state index in [0.717, 1.165) is 12.1 Å². The maximum absolute atomic E-state index is 13.2. The average Bonchev–Trinajstić information content (AvgIpc) is 3.24. The van der Waals surface area contributed by atoms with Crippen LogP contribution in [0.1, 0.15) is 35.7 Å². The lowest BCUT2D eigenvalue weighted by Crippen LogP contribution is -2.46. The molecule has 3 heterocycles. The van der Waals surface area contributed by atoms with Crippen molar-refractivity contribution in [2.24, 2.45) is 0 Å². The molecule has 4 rings (SSSR count). The summed E-state index contributed by atoms with van der Waals surface area (Å²) in [5.41, 5.74) is 1.25. The van der Waals surface area contributed by atoms with Gasteiger partial charge in [0, 0.05) is 31.3 Å². The molecule has 0 bridgehead atoms. The third kappa shape index (κ3) is 5.85. The number of pyridine rings is 1. The number of ether oxygens (including phenoxy) is 3. The molecule has 37 heavy (non-hydrogen) atoms. The van der Waals surface area contributed by atoms with Crippen LogP contribution in [0.2, 0.25) is 0 Å². The summed E-state index contributed by atoms with van der Waals surface area (Å²) in [6.07, 6.45) is -3.65. The maximum atomic E-state index is 13.2. The number of nitrogens with zero attached hydrogens (tertiary/aromatic N) is 3. The van der Waals surface area contributed by atoms with E-state index in [4.69, 9.17) is 9.47 Å². The average molecular weight is 527 g/mol. The number of morpholine rings is 1. The number of carbonyl (C=O) groups excluding carboxylic acids is 1. The maximum Gasteiger partial charge on any atom is 0.389 e. The molecule has 0 saturated carbocycles. The van der Waals surface area contributed by atoms with Crippen molar-refractivity contribution in [3.05, 3.63) is 47.8 Å². The minimum absolute atomic E-state index is 0.182. The third-order valence-electron chi connectivity index (χ3n) is 6.30. The Morgan fingerprint density at radius 3 is 2.62 bits per heavy atom. The highest BCUT2D eigenvalue weighted by Gasteiger charge is 2.33. The topological polar surface area (TPSA) is 65.3 Å². The third-order valence-corrected chi connectivity index (χ3v) is 6.30. The van der Waals surface area contributed by atoms with Crippen LogP contribution in [0.25, 0.3) is 16.9 Å². The van der Waals surface area contributed by atoms with Crippen molar-refractivity contribution in [1.82, 2.24) is 14.3 Å². The van der Waals surface area contributed by atoms with Crippen LogP contribution in [0, 0.1) is 0 Å². The normalized spacial score (nSPS) is 18.9. The molecule has 200 valence electrons. The van der Waals surface area contributed by atoms with E-state index in [0.29, 0.717) is 30.1 Å². The molecule has 1 aliphatic heterocycles. The first kappa shape index (κ1) is 26.8. The van der Waals surface area contributed by atoms with Crippen molar-refractivity contribution in [2.45, 2.75) is 38.2 Å². The Morgan fingerprint density at radius 1 is 1.24 bits per heavy atom. The molecule has 0 N–H and O–H groups in total. The number of alkyl halides is 5. The van der Waals surface area contributed by atoms with Crippen molar-refractivity contribution in [1.29, 1.82) is 0 Å². The number of aromatic nitrogens is 2. The Bertz CT molecular complexity index is 1290. The predicted octanol–water partition coefficient (Wildman–Crippen LogP) is 5.31. The van der Waals surface area contributed by atoms with Crippen molar-refractivity contribution < 1.29 is 41.0 Å². The number of Topliss-reactive ketones (excluding diaryl/α,β-unsaturated/α-hetero) is 1. The van der Waals surface area contributed by atoms with Crippen LogP contribution in [-0.2, 0) is 10.3 Å². The number of halogens is 5. The summed E-state index contributed by atoms with van der Waals surface area (Å²) in [5.74, 6) is -1.78. The van der Waals surface area contributed by atoms with Gasteiger partial charge in [-0.15, -0.1) is 0 Å². The molecule has 1 saturated heterocycles. The van der Waals surface area contributed by atoms with Crippen LogP contribution >= 0.6 is 0 Å². The number of hydrogen-bond acceptors (Lipinski definition) is 6. The molecular formula is C25H26F5N3O4. The van der Waals surface area contributed by atoms with E-state index in [-0.39, 0.29) is 5.75 Å². The van der Waals surface area contributed by atoms with Crippen LogP contribution in [0.15, 0.2) is 36.7 Å².